The lowest BCUT2D eigenvalue weighted by Crippen LogP contribution is -2.31. The van der Waals surface area contributed by atoms with E-state index in [1.54, 1.807) is 34.8 Å². The third kappa shape index (κ3) is 2.63. The predicted octanol–water partition coefficient (Wildman–Crippen LogP) is 1.35. The molecule has 0 spiro atoms. The fourth-order valence-corrected chi connectivity index (χ4v) is 2.78. The standard InChI is InChI=1S/C15H16N6O2/c1-10-8-12(23-19-10)15(22)20-6-4-11(9-20)17-13-2-3-14-16-5-7-21(14)18-13/h2-3,5,7-8,11H,4,6,9H2,1H3,(H,17,18)/t11-/m0/s1. The highest BCUT2D eigenvalue weighted by Gasteiger charge is 2.29. The molecular formula is C15H16N6O2. The Hall–Kier alpha value is -2.90. The molecule has 1 fully saturated rings. The minimum atomic E-state index is -0.118. The number of rotatable bonds is 3. The van der Waals surface area contributed by atoms with E-state index in [2.05, 4.69) is 20.6 Å². The van der Waals surface area contributed by atoms with Gasteiger partial charge in [-0.3, -0.25) is 4.79 Å². The van der Waals surface area contributed by atoms with Gasteiger partial charge in [0, 0.05) is 37.6 Å². The first-order valence-electron chi connectivity index (χ1n) is 7.48. The molecule has 0 saturated carbocycles. The minimum Gasteiger partial charge on any atom is -0.364 e. The average molecular weight is 312 g/mol. The Kier molecular flexibility index (Phi) is 3.22. The smallest absolute Gasteiger partial charge is 0.292 e. The highest BCUT2D eigenvalue weighted by atomic mass is 16.5. The molecule has 0 bridgehead atoms. The first-order valence-corrected chi connectivity index (χ1v) is 7.48. The van der Waals surface area contributed by atoms with E-state index in [1.807, 2.05) is 12.1 Å². The van der Waals surface area contributed by atoms with Gasteiger partial charge in [0.15, 0.2) is 5.65 Å². The van der Waals surface area contributed by atoms with Crippen molar-refractivity contribution in [3.63, 3.8) is 0 Å². The Morgan fingerprint density at radius 1 is 1.43 bits per heavy atom. The summed E-state index contributed by atoms with van der Waals surface area (Å²) in [6.45, 7) is 3.10. The highest BCUT2D eigenvalue weighted by Crippen LogP contribution is 2.17. The maximum absolute atomic E-state index is 12.3. The van der Waals surface area contributed by atoms with Crippen molar-refractivity contribution in [2.24, 2.45) is 0 Å². The van der Waals surface area contributed by atoms with Gasteiger partial charge in [-0.15, -0.1) is 5.10 Å². The fraction of sp³-hybridized carbons (Fsp3) is 0.333. The van der Waals surface area contributed by atoms with Gasteiger partial charge in [0.2, 0.25) is 5.76 Å². The van der Waals surface area contributed by atoms with E-state index in [1.165, 1.54) is 0 Å². The van der Waals surface area contributed by atoms with Gasteiger partial charge in [-0.2, -0.15) is 0 Å². The molecule has 1 amide bonds. The van der Waals surface area contributed by atoms with Crippen LogP contribution in [0.25, 0.3) is 5.65 Å². The maximum atomic E-state index is 12.3. The summed E-state index contributed by atoms with van der Waals surface area (Å²) in [5.41, 5.74) is 1.51. The number of likely N-dealkylation sites (tertiary alicyclic amines) is 1. The van der Waals surface area contributed by atoms with Crippen LogP contribution in [-0.2, 0) is 0 Å². The van der Waals surface area contributed by atoms with Gasteiger partial charge >= 0.3 is 0 Å². The summed E-state index contributed by atoms with van der Waals surface area (Å²) in [6.07, 6.45) is 4.38. The monoisotopic (exact) mass is 312 g/mol. The average Bonchev–Trinajstić information content (AvgIpc) is 3.26. The van der Waals surface area contributed by atoms with Crippen LogP contribution in [0.4, 0.5) is 5.82 Å². The zero-order valence-electron chi connectivity index (χ0n) is 12.6. The molecule has 0 unspecified atom stereocenters. The van der Waals surface area contributed by atoms with Crippen molar-refractivity contribution in [1.29, 1.82) is 0 Å². The Labute approximate surface area is 132 Å². The molecule has 1 N–H and O–H groups in total. The number of imidazole rings is 1. The summed E-state index contributed by atoms with van der Waals surface area (Å²) in [4.78, 5) is 18.3. The number of carbonyl (C=O) groups is 1. The van der Waals surface area contributed by atoms with E-state index in [9.17, 15) is 4.79 Å². The van der Waals surface area contributed by atoms with Crippen LogP contribution in [0, 0.1) is 6.92 Å². The summed E-state index contributed by atoms with van der Waals surface area (Å²) in [5.74, 6) is 0.944. The number of fused-ring (bicyclic) bond motifs is 1. The van der Waals surface area contributed by atoms with E-state index < -0.39 is 0 Å². The molecule has 3 aromatic rings. The molecule has 23 heavy (non-hydrogen) atoms. The molecule has 4 rings (SSSR count). The number of carbonyl (C=O) groups excluding carboxylic acids is 1. The molecule has 1 aliphatic heterocycles. The van der Waals surface area contributed by atoms with Crippen molar-refractivity contribution in [3.05, 3.63) is 42.0 Å². The van der Waals surface area contributed by atoms with Crippen molar-refractivity contribution >= 4 is 17.4 Å². The summed E-state index contributed by atoms with van der Waals surface area (Å²) < 4.78 is 6.77. The van der Waals surface area contributed by atoms with Crippen molar-refractivity contribution in [1.82, 2.24) is 24.7 Å². The molecule has 1 aliphatic rings. The minimum absolute atomic E-state index is 0.118. The van der Waals surface area contributed by atoms with Gasteiger partial charge in [-0.05, 0) is 25.5 Å². The second-order valence-corrected chi connectivity index (χ2v) is 5.66. The number of aryl methyl sites for hydroxylation is 1. The van der Waals surface area contributed by atoms with E-state index in [0.29, 0.717) is 24.5 Å². The van der Waals surface area contributed by atoms with E-state index in [-0.39, 0.29) is 11.9 Å². The predicted molar refractivity (Wildman–Crippen MR) is 82.2 cm³/mol. The van der Waals surface area contributed by atoms with Gasteiger partial charge in [0.25, 0.3) is 5.91 Å². The first kappa shape index (κ1) is 13.7. The lowest BCUT2D eigenvalue weighted by Gasteiger charge is -2.16. The SMILES string of the molecule is Cc1cc(C(=O)N2CC[C@H](Nc3ccc4nccn4n3)C2)on1. The Bertz CT molecular complexity index is 854. The normalized spacial score (nSPS) is 17.8. The van der Waals surface area contributed by atoms with E-state index in [0.717, 1.165) is 17.9 Å². The molecule has 0 radical (unpaired) electrons. The van der Waals surface area contributed by atoms with Crippen LogP contribution in [-0.4, -0.2) is 49.7 Å². The van der Waals surface area contributed by atoms with Crippen LogP contribution >= 0.6 is 0 Å². The lowest BCUT2D eigenvalue weighted by atomic mass is 10.2. The van der Waals surface area contributed by atoms with E-state index >= 15 is 0 Å². The summed E-state index contributed by atoms with van der Waals surface area (Å²) in [6, 6.07) is 5.63. The molecule has 118 valence electrons. The van der Waals surface area contributed by atoms with Gasteiger partial charge in [0.1, 0.15) is 5.82 Å². The third-order valence-corrected chi connectivity index (χ3v) is 3.92. The van der Waals surface area contributed by atoms with Crippen LogP contribution in [0.15, 0.2) is 35.1 Å². The number of hydrogen-bond acceptors (Lipinski definition) is 6. The molecule has 4 heterocycles. The van der Waals surface area contributed by atoms with Crippen LogP contribution < -0.4 is 5.32 Å². The topological polar surface area (TPSA) is 88.6 Å². The largest absolute Gasteiger partial charge is 0.364 e. The fourth-order valence-electron chi connectivity index (χ4n) is 2.78. The Balaban J connectivity index is 1.42. The van der Waals surface area contributed by atoms with Gasteiger partial charge in [0.05, 0.1) is 5.69 Å². The zero-order chi connectivity index (χ0) is 15.8. The number of anilines is 1. The number of nitrogens with zero attached hydrogens (tertiary/aromatic N) is 5. The number of hydrogen-bond donors (Lipinski definition) is 1. The van der Waals surface area contributed by atoms with Crippen LogP contribution in [0.5, 0.6) is 0 Å². The summed E-state index contributed by atoms with van der Waals surface area (Å²) in [5, 5.41) is 11.6. The highest BCUT2D eigenvalue weighted by molar-refractivity contribution is 5.91. The van der Waals surface area contributed by atoms with Gasteiger partial charge in [-0.1, -0.05) is 5.16 Å². The molecule has 1 atom stereocenters. The van der Waals surface area contributed by atoms with Crippen molar-refractivity contribution in [2.45, 2.75) is 19.4 Å². The third-order valence-electron chi connectivity index (χ3n) is 3.92. The van der Waals surface area contributed by atoms with Crippen LogP contribution in [0.1, 0.15) is 22.7 Å². The number of amides is 1. The molecule has 8 nitrogen and oxygen atoms in total. The van der Waals surface area contributed by atoms with Crippen molar-refractivity contribution in [2.75, 3.05) is 18.4 Å². The number of nitrogens with one attached hydrogen (secondary N) is 1. The van der Waals surface area contributed by atoms with Gasteiger partial charge < -0.3 is 14.7 Å². The Morgan fingerprint density at radius 3 is 3.17 bits per heavy atom. The number of aromatic nitrogens is 4. The first-order chi connectivity index (χ1) is 11.2. The van der Waals surface area contributed by atoms with E-state index in [4.69, 9.17) is 4.52 Å². The molecule has 0 aromatic carbocycles. The zero-order valence-corrected chi connectivity index (χ0v) is 12.6. The van der Waals surface area contributed by atoms with Gasteiger partial charge in [-0.25, -0.2) is 9.50 Å². The summed E-state index contributed by atoms with van der Waals surface area (Å²) in [7, 11) is 0. The van der Waals surface area contributed by atoms with Crippen molar-refractivity contribution in [3.8, 4) is 0 Å². The Morgan fingerprint density at radius 2 is 2.35 bits per heavy atom. The van der Waals surface area contributed by atoms with Crippen LogP contribution in [0.2, 0.25) is 0 Å². The molecule has 3 aromatic heterocycles. The molecular weight excluding hydrogens is 296 g/mol. The molecule has 1 saturated heterocycles. The maximum Gasteiger partial charge on any atom is 0.292 e. The molecule has 8 heteroatoms. The quantitative estimate of drug-likeness (QED) is 0.785. The van der Waals surface area contributed by atoms with Crippen LogP contribution in [0.3, 0.4) is 0 Å². The summed E-state index contributed by atoms with van der Waals surface area (Å²) >= 11 is 0. The second kappa shape index (κ2) is 5.38. The van der Waals surface area contributed by atoms with Crippen molar-refractivity contribution < 1.29 is 9.32 Å². The second-order valence-electron chi connectivity index (χ2n) is 5.66. The molecule has 0 aliphatic carbocycles. The lowest BCUT2D eigenvalue weighted by molar-refractivity contribution is 0.0750.